The second-order valence-electron chi connectivity index (χ2n) is 3.57. The van der Waals surface area contributed by atoms with Gasteiger partial charge in [0.05, 0.1) is 0 Å². The van der Waals surface area contributed by atoms with Crippen molar-refractivity contribution in [2.75, 3.05) is 0 Å². The zero-order valence-electron chi connectivity index (χ0n) is 7.90. The van der Waals surface area contributed by atoms with Gasteiger partial charge in [-0.2, -0.15) is 0 Å². The fraction of sp³-hybridized carbons (Fsp3) is 0.167. The smallest absolute Gasteiger partial charge is 0.0887 e. The second-order valence-corrected chi connectivity index (χ2v) is 3.57. The van der Waals surface area contributed by atoms with Crippen LogP contribution in [0.5, 0.6) is 0 Å². The Morgan fingerprint density at radius 2 is 2.15 bits per heavy atom. The van der Waals surface area contributed by atoms with Gasteiger partial charge in [0.15, 0.2) is 0 Å². The first kappa shape index (κ1) is 8.37. The monoisotopic (exact) mass is 168 g/mol. The molecule has 1 atom stereocenters. The third-order valence-corrected chi connectivity index (χ3v) is 2.45. The minimum atomic E-state index is 0.588. The normalized spacial score (nSPS) is 20.5. The van der Waals surface area contributed by atoms with Crippen LogP contribution in [-0.4, -0.2) is 7.85 Å². The number of allylic oxidation sites excluding steroid dienone is 4. The summed E-state index contributed by atoms with van der Waals surface area (Å²) in [5.41, 5.74) is 2.78. The molecule has 0 bridgehead atoms. The molecule has 1 aliphatic rings. The lowest BCUT2D eigenvalue weighted by atomic mass is 9.87. The minimum Gasteiger partial charge on any atom is -0.0887 e. The van der Waals surface area contributed by atoms with Gasteiger partial charge in [-0.15, -0.1) is 0 Å². The zero-order chi connectivity index (χ0) is 9.10. The van der Waals surface area contributed by atoms with Gasteiger partial charge in [0.25, 0.3) is 0 Å². The molecule has 0 N–H and O–H groups in total. The summed E-state index contributed by atoms with van der Waals surface area (Å²) in [7, 11) is 2.14. The Hall–Kier alpha value is -1.24. The van der Waals surface area contributed by atoms with Crippen molar-refractivity contribution < 1.29 is 0 Å². The molecular weight excluding hydrogens is 155 g/mol. The van der Waals surface area contributed by atoms with E-state index >= 15 is 0 Å². The van der Waals surface area contributed by atoms with Crippen LogP contribution in [0, 0.1) is 0 Å². The maximum atomic E-state index is 2.27. The van der Waals surface area contributed by atoms with Crippen LogP contribution in [0.15, 0.2) is 48.6 Å². The molecule has 0 aromatic heterocycles. The van der Waals surface area contributed by atoms with E-state index in [-0.39, 0.29) is 0 Å². The highest BCUT2D eigenvalue weighted by Gasteiger charge is 2.07. The summed E-state index contributed by atoms with van der Waals surface area (Å²) in [5.74, 6) is 0.588. The molecule has 0 radical (unpaired) electrons. The van der Waals surface area contributed by atoms with Crippen LogP contribution in [0.2, 0.25) is 0 Å². The van der Waals surface area contributed by atoms with Crippen molar-refractivity contribution in [2.45, 2.75) is 12.3 Å². The summed E-state index contributed by atoms with van der Waals surface area (Å²) in [4.78, 5) is 0. The topological polar surface area (TPSA) is 0 Å². The molecule has 1 aliphatic carbocycles. The van der Waals surface area contributed by atoms with Gasteiger partial charge < -0.3 is 0 Å². The standard InChI is InChI=1S/C12H13B/c13-12-8-4-7-11(9-12)10-5-2-1-3-6-10/h1-5,7-10H,6,13H2. The quantitative estimate of drug-likeness (QED) is 0.558. The summed E-state index contributed by atoms with van der Waals surface area (Å²) in [6.45, 7) is 0. The molecule has 1 aromatic rings. The molecule has 0 saturated carbocycles. The summed E-state index contributed by atoms with van der Waals surface area (Å²) < 4.78 is 0. The Kier molecular flexibility index (Phi) is 2.35. The Morgan fingerprint density at radius 1 is 1.23 bits per heavy atom. The molecule has 1 aromatic carbocycles. The first-order chi connectivity index (χ1) is 6.36. The summed E-state index contributed by atoms with van der Waals surface area (Å²) >= 11 is 0. The lowest BCUT2D eigenvalue weighted by Crippen LogP contribution is -2.05. The Labute approximate surface area is 80.4 Å². The number of hydrogen-bond acceptors (Lipinski definition) is 0. The summed E-state index contributed by atoms with van der Waals surface area (Å²) in [5, 5.41) is 0. The van der Waals surface area contributed by atoms with E-state index in [2.05, 4.69) is 56.4 Å². The van der Waals surface area contributed by atoms with Gasteiger partial charge in [0.2, 0.25) is 0 Å². The summed E-state index contributed by atoms with van der Waals surface area (Å²) in [6.07, 6.45) is 9.89. The van der Waals surface area contributed by atoms with E-state index in [1.807, 2.05) is 0 Å². The molecule has 0 heterocycles. The van der Waals surface area contributed by atoms with E-state index in [1.54, 1.807) is 0 Å². The van der Waals surface area contributed by atoms with Crippen molar-refractivity contribution in [2.24, 2.45) is 0 Å². The molecule has 0 spiro atoms. The van der Waals surface area contributed by atoms with Gasteiger partial charge in [-0.25, -0.2) is 0 Å². The van der Waals surface area contributed by atoms with Crippen LogP contribution >= 0.6 is 0 Å². The van der Waals surface area contributed by atoms with Crippen molar-refractivity contribution in [1.29, 1.82) is 0 Å². The van der Waals surface area contributed by atoms with Gasteiger partial charge in [0, 0.05) is 5.92 Å². The van der Waals surface area contributed by atoms with Crippen LogP contribution in [-0.2, 0) is 0 Å². The molecule has 1 unspecified atom stereocenters. The van der Waals surface area contributed by atoms with Crippen molar-refractivity contribution in [3.8, 4) is 0 Å². The zero-order valence-corrected chi connectivity index (χ0v) is 7.90. The number of benzene rings is 1. The number of hydrogen-bond donors (Lipinski definition) is 0. The van der Waals surface area contributed by atoms with Crippen LogP contribution in [0.4, 0.5) is 0 Å². The third-order valence-electron chi connectivity index (χ3n) is 2.45. The molecule has 1 heteroatoms. The van der Waals surface area contributed by atoms with Gasteiger partial charge >= 0.3 is 0 Å². The van der Waals surface area contributed by atoms with Crippen molar-refractivity contribution in [3.63, 3.8) is 0 Å². The van der Waals surface area contributed by atoms with Crippen molar-refractivity contribution >= 4 is 13.3 Å². The largest absolute Gasteiger partial charge is 0.139 e. The van der Waals surface area contributed by atoms with Gasteiger partial charge in [-0.05, 0) is 12.0 Å². The second kappa shape index (κ2) is 3.65. The Morgan fingerprint density at radius 3 is 2.85 bits per heavy atom. The summed E-state index contributed by atoms with van der Waals surface area (Å²) in [6, 6.07) is 8.76. The predicted octanol–water partition coefficient (Wildman–Crippen LogP) is 1.54. The van der Waals surface area contributed by atoms with E-state index in [0.717, 1.165) is 6.42 Å². The molecule has 0 aliphatic heterocycles. The van der Waals surface area contributed by atoms with Gasteiger partial charge in [-0.1, -0.05) is 54.0 Å². The van der Waals surface area contributed by atoms with Gasteiger partial charge in [0.1, 0.15) is 7.85 Å². The maximum Gasteiger partial charge on any atom is 0.139 e. The van der Waals surface area contributed by atoms with Crippen molar-refractivity contribution in [3.05, 3.63) is 54.1 Å². The first-order valence-corrected chi connectivity index (χ1v) is 4.76. The maximum absolute atomic E-state index is 2.27. The SMILES string of the molecule is Bc1cccc(C2C=CC=CC2)c1. The van der Waals surface area contributed by atoms with Crippen LogP contribution in [0.1, 0.15) is 17.9 Å². The molecule has 0 nitrogen and oxygen atoms in total. The highest BCUT2D eigenvalue weighted by Crippen LogP contribution is 2.23. The highest BCUT2D eigenvalue weighted by molar-refractivity contribution is 6.32. The Balaban J connectivity index is 2.25. The van der Waals surface area contributed by atoms with Crippen molar-refractivity contribution in [1.82, 2.24) is 0 Å². The molecule has 2 rings (SSSR count). The van der Waals surface area contributed by atoms with Gasteiger partial charge in [-0.3, -0.25) is 0 Å². The molecule has 0 fully saturated rings. The fourth-order valence-electron chi connectivity index (χ4n) is 1.73. The lowest BCUT2D eigenvalue weighted by molar-refractivity contribution is 0.855. The fourth-order valence-corrected chi connectivity index (χ4v) is 1.73. The van der Waals surface area contributed by atoms with Crippen LogP contribution in [0.25, 0.3) is 0 Å². The molecule has 0 amide bonds. The van der Waals surface area contributed by atoms with E-state index in [0.29, 0.717) is 5.92 Å². The van der Waals surface area contributed by atoms with Crippen LogP contribution in [0.3, 0.4) is 0 Å². The number of rotatable bonds is 1. The molecular formula is C12H13B. The lowest BCUT2D eigenvalue weighted by Gasteiger charge is -2.13. The van der Waals surface area contributed by atoms with E-state index in [1.165, 1.54) is 11.0 Å². The van der Waals surface area contributed by atoms with E-state index in [9.17, 15) is 0 Å². The molecule has 13 heavy (non-hydrogen) atoms. The van der Waals surface area contributed by atoms with E-state index in [4.69, 9.17) is 0 Å². The molecule has 64 valence electrons. The molecule has 0 saturated heterocycles. The van der Waals surface area contributed by atoms with E-state index < -0.39 is 0 Å². The Bertz CT molecular complexity index is 350. The highest BCUT2D eigenvalue weighted by atomic mass is 14.1. The van der Waals surface area contributed by atoms with Crippen LogP contribution < -0.4 is 5.46 Å². The average Bonchev–Trinajstić information content (AvgIpc) is 2.19. The third kappa shape index (κ3) is 1.92. The minimum absolute atomic E-state index is 0.588. The predicted molar refractivity (Wildman–Crippen MR) is 60.3 cm³/mol. The average molecular weight is 168 g/mol. The first-order valence-electron chi connectivity index (χ1n) is 4.76.